The number of nitrogen functional groups attached to an aromatic ring is 1. The number of carbonyl (C=O) groups excluding carboxylic acids is 1. The molecular weight excluding hydrogens is 458 g/mol. The molecule has 3 N–H and O–H groups in total. The second-order valence-corrected chi connectivity index (χ2v) is 9.33. The Balaban J connectivity index is 1.35. The highest BCUT2D eigenvalue weighted by molar-refractivity contribution is 7.99. The number of aromatic nitrogens is 3. The molecule has 180 valence electrons. The molecule has 0 bridgehead atoms. The quantitative estimate of drug-likeness (QED) is 0.255. The lowest BCUT2D eigenvalue weighted by molar-refractivity contribution is -0.119. The zero-order valence-corrected chi connectivity index (χ0v) is 20.7. The molecule has 4 rings (SSSR count). The van der Waals surface area contributed by atoms with Crippen molar-refractivity contribution in [1.29, 1.82) is 0 Å². The van der Waals surface area contributed by atoms with E-state index in [9.17, 15) is 4.79 Å². The van der Waals surface area contributed by atoms with Crippen molar-refractivity contribution < 1.29 is 9.53 Å². The first-order valence-electron chi connectivity index (χ1n) is 11.4. The third-order valence-corrected chi connectivity index (χ3v) is 6.39. The molecule has 8 heteroatoms. The molecule has 0 fully saturated rings. The predicted octanol–water partition coefficient (Wildman–Crippen LogP) is 4.38. The molecule has 0 aliphatic carbocycles. The topological polar surface area (TPSA) is 95.1 Å². The van der Waals surface area contributed by atoms with Gasteiger partial charge in [0.25, 0.3) is 0 Å². The third-order valence-electron chi connectivity index (χ3n) is 5.45. The Morgan fingerprint density at radius 2 is 1.66 bits per heavy atom. The van der Waals surface area contributed by atoms with Gasteiger partial charge in [0, 0.05) is 0 Å². The summed E-state index contributed by atoms with van der Waals surface area (Å²) in [6.45, 7) is 4.23. The van der Waals surface area contributed by atoms with Crippen molar-refractivity contribution in [3.8, 4) is 5.75 Å². The van der Waals surface area contributed by atoms with E-state index in [1.165, 1.54) is 16.4 Å². The number of nitrogens with two attached hydrogens (primary N) is 1. The van der Waals surface area contributed by atoms with Gasteiger partial charge in [-0.3, -0.25) is 4.79 Å². The molecule has 0 spiro atoms. The first-order valence-corrected chi connectivity index (χ1v) is 12.4. The van der Waals surface area contributed by atoms with Crippen molar-refractivity contribution in [3.05, 3.63) is 107 Å². The van der Waals surface area contributed by atoms with Crippen molar-refractivity contribution in [2.75, 3.05) is 11.6 Å². The van der Waals surface area contributed by atoms with Gasteiger partial charge in [0.05, 0.1) is 11.8 Å². The Bertz CT molecular complexity index is 1240. The summed E-state index contributed by atoms with van der Waals surface area (Å²) < 4.78 is 7.21. The number of nitrogens with one attached hydrogen (secondary N) is 1. The number of benzene rings is 3. The van der Waals surface area contributed by atoms with Crippen LogP contribution in [0.4, 0.5) is 0 Å². The number of rotatable bonds is 10. The molecule has 4 aromatic rings. The maximum absolute atomic E-state index is 12.8. The molecule has 0 aliphatic rings. The Morgan fingerprint density at radius 1 is 1.00 bits per heavy atom. The van der Waals surface area contributed by atoms with Gasteiger partial charge >= 0.3 is 0 Å². The van der Waals surface area contributed by atoms with E-state index in [-0.39, 0.29) is 24.3 Å². The van der Waals surface area contributed by atoms with E-state index in [0.717, 1.165) is 28.0 Å². The normalized spacial score (nSPS) is 11.7. The summed E-state index contributed by atoms with van der Waals surface area (Å²) in [7, 11) is 0. The van der Waals surface area contributed by atoms with E-state index in [1.54, 1.807) is 0 Å². The minimum atomic E-state index is -0.135. The van der Waals surface area contributed by atoms with Gasteiger partial charge in [-0.1, -0.05) is 78.5 Å². The van der Waals surface area contributed by atoms with Crippen molar-refractivity contribution >= 4 is 17.7 Å². The second-order valence-electron chi connectivity index (χ2n) is 8.39. The van der Waals surface area contributed by atoms with Crippen LogP contribution in [0.2, 0.25) is 0 Å². The van der Waals surface area contributed by atoms with Crippen LogP contribution < -0.4 is 15.9 Å². The monoisotopic (exact) mass is 487 g/mol. The SMILES string of the molecule is Cc1cc(C)cc(OCc2nnc(SCC(=O)NC(Cc3ccccc3)c3ccccc3)n2N)c1. The van der Waals surface area contributed by atoms with E-state index in [1.807, 2.05) is 74.5 Å². The summed E-state index contributed by atoms with van der Waals surface area (Å²) in [6.07, 6.45) is 0.703. The molecule has 1 atom stereocenters. The summed E-state index contributed by atoms with van der Waals surface area (Å²) in [5.74, 6) is 7.48. The van der Waals surface area contributed by atoms with E-state index in [0.29, 0.717) is 17.4 Å². The summed E-state index contributed by atoms with van der Waals surface area (Å²) in [5.41, 5.74) is 4.46. The highest BCUT2D eigenvalue weighted by Gasteiger charge is 2.17. The van der Waals surface area contributed by atoms with Gasteiger partial charge in [0.2, 0.25) is 11.1 Å². The number of hydrogen-bond donors (Lipinski definition) is 2. The molecule has 0 radical (unpaired) electrons. The number of carbonyl (C=O) groups is 1. The van der Waals surface area contributed by atoms with Crippen molar-refractivity contribution in [2.45, 2.75) is 38.1 Å². The zero-order valence-electron chi connectivity index (χ0n) is 19.8. The average molecular weight is 488 g/mol. The van der Waals surface area contributed by atoms with Crippen LogP contribution in [-0.2, 0) is 17.8 Å². The smallest absolute Gasteiger partial charge is 0.230 e. The lowest BCUT2D eigenvalue weighted by Crippen LogP contribution is -2.31. The first kappa shape index (κ1) is 24.3. The summed E-state index contributed by atoms with van der Waals surface area (Å²) in [4.78, 5) is 12.8. The van der Waals surface area contributed by atoms with Gasteiger partial charge in [0.15, 0.2) is 5.82 Å². The molecule has 1 amide bonds. The van der Waals surface area contributed by atoms with Crippen molar-refractivity contribution in [2.24, 2.45) is 0 Å². The van der Waals surface area contributed by atoms with Gasteiger partial charge in [-0.25, -0.2) is 4.68 Å². The number of aryl methyl sites for hydroxylation is 2. The fourth-order valence-electron chi connectivity index (χ4n) is 3.82. The van der Waals surface area contributed by atoms with Gasteiger partial charge in [-0.15, -0.1) is 10.2 Å². The van der Waals surface area contributed by atoms with Crippen LogP contribution >= 0.6 is 11.8 Å². The Kier molecular flexibility index (Phi) is 8.05. The molecule has 35 heavy (non-hydrogen) atoms. The van der Waals surface area contributed by atoms with Crippen LogP contribution in [0.1, 0.15) is 34.1 Å². The largest absolute Gasteiger partial charge is 0.486 e. The van der Waals surface area contributed by atoms with Crippen LogP contribution in [0.25, 0.3) is 0 Å². The molecular formula is C27H29N5O2S. The van der Waals surface area contributed by atoms with Gasteiger partial charge in [0.1, 0.15) is 12.4 Å². The maximum Gasteiger partial charge on any atom is 0.230 e. The summed E-state index contributed by atoms with van der Waals surface area (Å²) in [5, 5.41) is 11.9. The minimum Gasteiger partial charge on any atom is -0.486 e. The number of hydrogen-bond acceptors (Lipinski definition) is 6. The molecule has 0 aliphatic heterocycles. The molecule has 7 nitrogen and oxygen atoms in total. The zero-order chi connectivity index (χ0) is 24.6. The number of nitrogens with zero attached hydrogens (tertiary/aromatic N) is 3. The minimum absolute atomic E-state index is 0.101. The highest BCUT2D eigenvalue weighted by Crippen LogP contribution is 2.21. The van der Waals surface area contributed by atoms with Crippen molar-refractivity contribution in [3.63, 3.8) is 0 Å². The van der Waals surface area contributed by atoms with Crippen LogP contribution in [0.3, 0.4) is 0 Å². The number of ether oxygens (including phenoxy) is 1. The molecule has 1 heterocycles. The molecule has 0 saturated carbocycles. The van der Waals surface area contributed by atoms with E-state index < -0.39 is 0 Å². The van der Waals surface area contributed by atoms with Crippen LogP contribution in [0.5, 0.6) is 5.75 Å². The lowest BCUT2D eigenvalue weighted by Gasteiger charge is -2.19. The van der Waals surface area contributed by atoms with Crippen molar-refractivity contribution in [1.82, 2.24) is 20.2 Å². The van der Waals surface area contributed by atoms with E-state index in [4.69, 9.17) is 10.6 Å². The average Bonchev–Trinajstić information content (AvgIpc) is 3.21. The van der Waals surface area contributed by atoms with E-state index >= 15 is 0 Å². The van der Waals surface area contributed by atoms with Gasteiger partial charge in [-0.05, 0) is 54.7 Å². The fraction of sp³-hybridized carbons (Fsp3) is 0.222. The molecule has 1 unspecified atom stereocenters. The lowest BCUT2D eigenvalue weighted by atomic mass is 9.99. The van der Waals surface area contributed by atoms with E-state index in [2.05, 4.69) is 33.7 Å². The maximum atomic E-state index is 12.8. The van der Waals surface area contributed by atoms with Gasteiger partial charge < -0.3 is 15.9 Å². The molecule has 3 aromatic carbocycles. The number of thioether (sulfide) groups is 1. The second kappa shape index (κ2) is 11.6. The standard InChI is InChI=1S/C27H29N5O2S/c1-19-13-20(2)15-23(14-19)34-17-25-30-31-27(32(25)28)35-18-26(33)29-24(22-11-7-4-8-12-22)16-21-9-5-3-6-10-21/h3-15,24H,16-18,28H2,1-2H3,(H,29,33). The highest BCUT2D eigenvalue weighted by atomic mass is 32.2. The third kappa shape index (κ3) is 6.86. The predicted molar refractivity (Wildman–Crippen MR) is 139 cm³/mol. The Morgan fingerprint density at radius 3 is 2.34 bits per heavy atom. The molecule has 1 aromatic heterocycles. The Hall–Kier alpha value is -3.78. The summed E-state index contributed by atoms with van der Waals surface area (Å²) >= 11 is 1.24. The van der Waals surface area contributed by atoms with Crippen LogP contribution in [0, 0.1) is 13.8 Å². The molecule has 0 saturated heterocycles. The van der Waals surface area contributed by atoms with Crippen LogP contribution in [-0.4, -0.2) is 26.5 Å². The Labute approximate surface area is 209 Å². The van der Waals surface area contributed by atoms with Crippen LogP contribution in [0.15, 0.2) is 84.0 Å². The first-order chi connectivity index (χ1) is 17.0. The van der Waals surface area contributed by atoms with Gasteiger partial charge in [-0.2, -0.15) is 0 Å². The summed E-state index contributed by atoms with van der Waals surface area (Å²) in [6, 6.07) is 26.0. The fourth-order valence-corrected chi connectivity index (χ4v) is 4.51. The number of amides is 1.